The van der Waals surface area contributed by atoms with Gasteiger partial charge in [-0.05, 0) is 55.2 Å². The van der Waals surface area contributed by atoms with Crippen LogP contribution in [-0.4, -0.2) is 18.6 Å². The summed E-state index contributed by atoms with van der Waals surface area (Å²) in [7, 11) is 1.71. The number of ether oxygens (including phenoxy) is 1. The maximum absolute atomic E-state index is 5.34. The van der Waals surface area contributed by atoms with E-state index in [2.05, 4.69) is 23.3 Å². The van der Waals surface area contributed by atoms with Crippen LogP contribution >= 0.6 is 0 Å². The minimum atomic E-state index is 0.464. The van der Waals surface area contributed by atoms with Crippen LogP contribution in [0.1, 0.15) is 50.6 Å². The van der Waals surface area contributed by atoms with E-state index in [1.165, 1.54) is 37.7 Å². The van der Waals surface area contributed by atoms with Gasteiger partial charge >= 0.3 is 0 Å². The molecule has 0 spiro atoms. The number of nitrogens with one attached hydrogen (secondary N) is 1. The average molecular weight is 274 g/mol. The standard InChI is InChI=1S/C17H26N2O/c1-3-8-19-17(12-9-13(20-2)11-18-10-12)16-14-6-4-5-7-15(14)16/h9-11,14-17,19H,3-8H2,1-2H3. The molecule has 0 radical (unpaired) electrons. The van der Waals surface area contributed by atoms with Crippen molar-refractivity contribution in [2.24, 2.45) is 17.8 Å². The first kappa shape index (κ1) is 13.9. The molecule has 20 heavy (non-hydrogen) atoms. The molecule has 0 aromatic carbocycles. The number of hydrogen-bond donors (Lipinski definition) is 1. The van der Waals surface area contributed by atoms with Crippen molar-refractivity contribution in [2.45, 2.75) is 45.1 Å². The van der Waals surface area contributed by atoms with E-state index in [0.717, 1.165) is 30.0 Å². The van der Waals surface area contributed by atoms with E-state index < -0.39 is 0 Å². The molecule has 3 atom stereocenters. The van der Waals surface area contributed by atoms with Gasteiger partial charge in [-0.2, -0.15) is 0 Å². The van der Waals surface area contributed by atoms with E-state index in [-0.39, 0.29) is 0 Å². The molecule has 2 fully saturated rings. The lowest BCUT2D eigenvalue weighted by atomic mass is 10.0. The van der Waals surface area contributed by atoms with Crippen molar-refractivity contribution in [3.8, 4) is 5.75 Å². The Balaban J connectivity index is 1.78. The normalized spacial score (nSPS) is 29.6. The molecule has 1 aromatic rings. The summed E-state index contributed by atoms with van der Waals surface area (Å²) in [5.41, 5.74) is 1.30. The van der Waals surface area contributed by atoms with Crippen LogP contribution in [0.25, 0.3) is 0 Å². The molecule has 1 aromatic heterocycles. The molecule has 0 aliphatic heterocycles. The summed E-state index contributed by atoms with van der Waals surface area (Å²) in [6.45, 7) is 3.31. The SMILES string of the molecule is CCCNC(c1cncc(OC)c1)C1C2CCCCC21. The highest BCUT2D eigenvalue weighted by Gasteiger charge is 2.54. The van der Waals surface area contributed by atoms with Crippen molar-refractivity contribution in [3.63, 3.8) is 0 Å². The molecular weight excluding hydrogens is 248 g/mol. The first-order valence-electron chi connectivity index (χ1n) is 8.07. The fourth-order valence-electron chi connectivity index (χ4n) is 4.04. The van der Waals surface area contributed by atoms with Crippen LogP contribution in [0.5, 0.6) is 5.75 Å². The summed E-state index contributed by atoms with van der Waals surface area (Å²) < 4.78 is 5.34. The molecule has 3 nitrogen and oxygen atoms in total. The molecule has 0 bridgehead atoms. The predicted octanol–water partition coefficient (Wildman–Crippen LogP) is 3.57. The Labute approximate surface area is 122 Å². The average Bonchev–Trinajstić information content (AvgIpc) is 3.22. The number of fused-ring (bicyclic) bond motifs is 1. The summed E-state index contributed by atoms with van der Waals surface area (Å²) in [6.07, 6.45) is 10.7. The van der Waals surface area contributed by atoms with E-state index >= 15 is 0 Å². The Bertz CT molecular complexity index is 436. The van der Waals surface area contributed by atoms with Crippen LogP contribution < -0.4 is 10.1 Å². The van der Waals surface area contributed by atoms with Gasteiger partial charge in [0.15, 0.2) is 0 Å². The Kier molecular flexibility index (Phi) is 4.25. The van der Waals surface area contributed by atoms with Crippen molar-refractivity contribution in [1.29, 1.82) is 0 Å². The molecule has 3 heteroatoms. The van der Waals surface area contributed by atoms with Crippen molar-refractivity contribution >= 4 is 0 Å². The van der Waals surface area contributed by atoms with Crippen LogP contribution in [0, 0.1) is 17.8 Å². The second kappa shape index (κ2) is 6.13. The molecule has 2 saturated carbocycles. The number of nitrogens with zero attached hydrogens (tertiary/aromatic N) is 1. The lowest BCUT2D eigenvalue weighted by Crippen LogP contribution is -2.25. The summed E-state index contributed by atoms with van der Waals surface area (Å²) in [5.74, 6) is 3.58. The van der Waals surface area contributed by atoms with Crippen LogP contribution in [-0.2, 0) is 0 Å². The molecule has 2 aliphatic carbocycles. The molecule has 2 aliphatic rings. The van der Waals surface area contributed by atoms with E-state index in [1.54, 1.807) is 13.3 Å². The monoisotopic (exact) mass is 274 g/mol. The van der Waals surface area contributed by atoms with Crippen molar-refractivity contribution in [2.75, 3.05) is 13.7 Å². The first-order chi connectivity index (χ1) is 9.85. The highest BCUT2D eigenvalue weighted by molar-refractivity contribution is 5.28. The van der Waals surface area contributed by atoms with Crippen LogP contribution in [0.2, 0.25) is 0 Å². The summed E-state index contributed by atoms with van der Waals surface area (Å²) >= 11 is 0. The third-order valence-electron chi connectivity index (χ3n) is 5.05. The zero-order valence-electron chi connectivity index (χ0n) is 12.6. The van der Waals surface area contributed by atoms with Gasteiger partial charge in [0.1, 0.15) is 5.75 Å². The molecule has 3 unspecified atom stereocenters. The lowest BCUT2D eigenvalue weighted by molar-refractivity contribution is 0.406. The van der Waals surface area contributed by atoms with Gasteiger partial charge in [0.2, 0.25) is 0 Å². The van der Waals surface area contributed by atoms with E-state index in [9.17, 15) is 0 Å². The minimum Gasteiger partial charge on any atom is -0.495 e. The third-order valence-corrected chi connectivity index (χ3v) is 5.05. The minimum absolute atomic E-state index is 0.464. The second-order valence-electron chi connectivity index (χ2n) is 6.28. The predicted molar refractivity (Wildman–Crippen MR) is 80.8 cm³/mol. The van der Waals surface area contributed by atoms with Gasteiger partial charge in [-0.3, -0.25) is 4.98 Å². The van der Waals surface area contributed by atoms with E-state index in [1.807, 2.05) is 6.20 Å². The third kappa shape index (κ3) is 2.69. The lowest BCUT2D eigenvalue weighted by Gasteiger charge is -2.20. The molecule has 110 valence electrons. The Hall–Kier alpha value is -1.09. The number of pyridine rings is 1. The highest BCUT2D eigenvalue weighted by Crippen LogP contribution is 2.60. The second-order valence-corrected chi connectivity index (χ2v) is 6.28. The Morgan fingerprint density at radius 2 is 2.05 bits per heavy atom. The zero-order chi connectivity index (χ0) is 13.9. The fourth-order valence-corrected chi connectivity index (χ4v) is 4.04. The summed E-state index contributed by atoms with van der Waals surface area (Å²) in [6, 6.07) is 2.62. The van der Waals surface area contributed by atoms with Gasteiger partial charge < -0.3 is 10.1 Å². The van der Waals surface area contributed by atoms with E-state index in [4.69, 9.17) is 4.74 Å². The number of methoxy groups -OCH3 is 1. The van der Waals surface area contributed by atoms with Gasteiger partial charge in [0.25, 0.3) is 0 Å². The van der Waals surface area contributed by atoms with Crippen LogP contribution in [0.3, 0.4) is 0 Å². The fraction of sp³-hybridized carbons (Fsp3) is 0.706. The summed E-state index contributed by atoms with van der Waals surface area (Å²) in [5, 5.41) is 3.76. The molecule has 0 amide bonds. The molecule has 1 heterocycles. The summed E-state index contributed by atoms with van der Waals surface area (Å²) in [4.78, 5) is 4.35. The van der Waals surface area contributed by atoms with Crippen molar-refractivity contribution in [3.05, 3.63) is 24.0 Å². The number of rotatable bonds is 6. The van der Waals surface area contributed by atoms with Crippen LogP contribution in [0.4, 0.5) is 0 Å². The molecular formula is C17H26N2O. The van der Waals surface area contributed by atoms with Crippen molar-refractivity contribution < 1.29 is 4.74 Å². The zero-order valence-corrected chi connectivity index (χ0v) is 12.6. The Morgan fingerprint density at radius 1 is 1.30 bits per heavy atom. The maximum atomic E-state index is 5.34. The van der Waals surface area contributed by atoms with Gasteiger partial charge in [-0.1, -0.05) is 19.8 Å². The van der Waals surface area contributed by atoms with Gasteiger partial charge in [0.05, 0.1) is 13.3 Å². The maximum Gasteiger partial charge on any atom is 0.137 e. The smallest absolute Gasteiger partial charge is 0.137 e. The topological polar surface area (TPSA) is 34.2 Å². The largest absolute Gasteiger partial charge is 0.495 e. The highest BCUT2D eigenvalue weighted by atomic mass is 16.5. The molecule has 1 N–H and O–H groups in total. The molecule has 0 saturated heterocycles. The first-order valence-corrected chi connectivity index (χ1v) is 8.07. The Morgan fingerprint density at radius 3 is 2.70 bits per heavy atom. The van der Waals surface area contributed by atoms with Gasteiger partial charge in [0, 0.05) is 12.2 Å². The molecule has 3 rings (SSSR count). The number of hydrogen-bond acceptors (Lipinski definition) is 3. The van der Waals surface area contributed by atoms with Gasteiger partial charge in [-0.25, -0.2) is 0 Å². The van der Waals surface area contributed by atoms with Gasteiger partial charge in [-0.15, -0.1) is 0 Å². The van der Waals surface area contributed by atoms with Crippen molar-refractivity contribution in [1.82, 2.24) is 10.3 Å². The number of aromatic nitrogens is 1. The van der Waals surface area contributed by atoms with E-state index in [0.29, 0.717) is 6.04 Å². The quantitative estimate of drug-likeness (QED) is 0.861. The van der Waals surface area contributed by atoms with Crippen LogP contribution in [0.15, 0.2) is 18.5 Å².